The van der Waals surface area contributed by atoms with E-state index < -0.39 is 29.0 Å². The monoisotopic (exact) mass is 355 g/mol. The number of amides is 1. The van der Waals surface area contributed by atoms with Gasteiger partial charge in [0.15, 0.2) is 0 Å². The van der Waals surface area contributed by atoms with Crippen LogP contribution in [0.5, 0.6) is 0 Å². The fourth-order valence-electron chi connectivity index (χ4n) is 2.92. The average molecular weight is 355 g/mol. The third-order valence-corrected chi connectivity index (χ3v) is 4.15. The van der Waals surface area contributed by atoms with Gasteiger partial charge >= 0.3 is 5.69 Å². The number of benzene rings is 2. The molecule has 2 N–H and O–H groups in total. The number of nitrogens with zero attached hydrogens (tertiary/aromatic N) is 1. The number of aromatic amines is 1. The molecule has 0 aliphatic rings. The number of carbonyl (C=O) groups is 1. The SMILES string of the molecule is CC(C)C(C(=O)Nc1ccccc1F)n1c(=O)[nH]c2ccccc2c1=O. The van der Waals surface area contributed by atoms with Crippen molar-refractivity contribution in [2.45, 2.75) is 19.9 Å². The van der Waals surface area contributed by atoms with Gasteiger partial charge in [-0.3, -0.25) is 9.59 Å². The number of hydrogen-bond donors (Lipinski definition) is 2. The van der Waals surface area contributed by atoms with E-state index in [-0.39, 0.29) is 11.6 Å². The van der Waals surface area contributed by atoms with Crippen molar-refractivity contribution in [3.05, 3.63) is 75.2 Å². The Kier molecular flexibility index (Phi) is 4.71. The van der Waals surface area contributed by atoms with Crippen molar-refractivity contribution in [2.24, 2.45) is 5.92 Å². The molecule has 1 atom stereocenters. The van der Waals surface area contributed by atoms with E-state index in [0.717, 1.165) is 4.57 Å². The lowest BCUT2D eigenvalue weighted by molar-refractivity contribution is -0.120. The lowest BCUT2D eigenvalue weighted by Crippen LogP contribution is -2.44. The number of rotatable bonds is 4. The Balaban J connectivity index is 2.10. The summed E-state index contributed by atoms with van der Waals surface area (Å²) in [5.41, 5.74) is -0.855. The molecule has 2 aromatic carbocycles. The number of carbonyl (C=O) groups excluding carboxylic acids is 1. The third kappa shape index (κ3) is 3.15. The molecule has 1 unspecified atom stereocenters. The van der Waals surface area contributed by atoms with Crippen LogP contribution in [0.2, 0.25) is 0 Å². The molecule has 7 heteroatoms. The summed E-state index contributed by atoms with van der Waals surface area (Å²) < 4.78 is 14.7. The summed E-state index contributed by atoms with van der Waals surface area (Å²) in [5, 5.41) is 2.77. The Hall–Kier alpha value is -3.22. The maximum Gasteiger partial charge on any atom is 0.329 e. The normalized spacial score (nSPS) is 12.3. The lowest BCUT2D eigenvalue weighted by atomic mass is 10.0. The topological polar surface area (TPSA) is 84.0 Å². The summed E-state index contributed by atoms with van der Waals surface area (Å²) >= 11 is 0. The molecule has 0 aliphatic heterocycles. The molecular formula is C19H18FN3O3. The molecule has 1 heterocycles. The maximum absolute atomic E-state index is 13.8. The molecule has 0 saturated carbocycles. The molecule has 6 nitrogen and oxygen atoms in total. The minimum atomic E-state index is -1.09. The van der Waals surface area contributed by atoms with Crippen molar-refractivity contribution in [1.82, 2.24) is 9.55 Å². The van der Waals surface area contributed by atoms with Crippen molar-refractivity contribution in [3.8, 4) is 0 Å². The highest BCUT2D eigenvalue weighted by Gasteiger charge is 2.28. The van der Waals surface area contributed by atoms with Crippen LogP contribution in [-0.4, -0.2) is 15.5 Å². The predicted molar refractivity (Wildman–Crippen MR) is 97.7 cm³/mol. The molecule has 3 aromatic rings. The van der Waals surface area contributed by atoms with Crippen LogP contribution in [0.25, 0.3) is 10.9 Å². The third-order valence-electron chi connectivity index (χ3n) is 4.15. The quantitative estimate of drug-likeness (QED) is 0.755. The number of halogens is 1. The van der Waals surface area contributed by atoms with Crippen molar-refractivity contribution >= 4 is 22.5 Å². The van der Waals surface area contributed by atoms with Gasteiger partial charge < -0.3 is 10.3 Å². The first-order valence-corrected chi connectivity index (χ1v) is 8.19. The Bertz CT molecular complexity index is 1090. The summed E-state index contributed by atoms with van der Waals surface area (Å²) in [4.78, 5) is 40.7. The number of fused-ring (bicyclic) bond motifs is 1. The first kappa shape index (κ1) is 17.6. The number of nitrogens with one attached hydrogen (secondary N) is 2. The van der Waals surface area contributed by atoms with Crippen LogP contribution >= 0.6 is 0 Å². The van der Waals surface area contributed by atoms with Crippen molar-refractivity contribution in [1.29, 1.82) is 0 Å². The second kappa shape index (κ2) is 6.95. The minimum absolute atomic E-state index is 0.00610. The number of aromatic nitrogens is 2. The standard InChI is InChI=1S/C19H18FN3O3/c1-11(2)16(17(24)21-15-10-6-4-8-13(15)20)23-18(25)12-7-3-5-9-14(12)22-19(23)26/h3-11,16H,1-2H3,(H,21,24)(H,22,26). The molecule has 3 rings (SSSR count). The van der Waals surface area contributed by atoms with Gasteiger partial charge in [-0.15, -0.1) is 0 Å². The van der Waals surface area contributed by atoms with E-state index in [1.807, 2.05) is 0 Å². The molecule has 26 heavy (non-hydrogen) atoms. The molecule has 0 fully saturated rings. The van der Waals surface area contributed by atoms with Crippen molar-refractivity contribution in [2.75, 3.05) is 5.32 Å². The van der Waals surface area contributed by atoms with Crippen LogP contribution in [0.3, 0.4) is 0 Å². The summed E-state index contributed by atoms with van der Waals surface area (Å²) in [6, 6.07) is 11.2. The van der Waals surface area contributed by atoms with Crippen molar-refractivity contribution < 1.29 is 9.18 Å². The summed E-state index contributed by atoms with van der Waals surface area (Å²) in [5.74, 6) is -1.60. The van der Waals surface area contributed by atoms with Gasteiger partial charge in [0.05, 0.1) is 16.6 Å². The fraction of sp³-hybridized carbons (Fsp3) is 0.211. The Labute approximate surface area is 148 Å². The second-order valence-corrected chi connectivity index (χ2v) is 6.31. The van der Waals surface area contributed by atoms with E-state index in [1.54, 1.807) is 44.2 Å². The number of H-pyrrole nitrogens is 1. The van der Waals surface area contributed by atoms with Crippen LogP contribution in [0.4, 0.5) is 10.1 Å². The Morgan fingerprint density at radius 1 is 1.08 bits per heavy atom. The van der Waals surface area contributed by atoms with Crippen molar-refractivity contribution in [3.63, 3.8) is 0 Å². The molecule has 1 amide bonds. The molecule has 0 saturated heterocycles. The minimum Gasteiger partial charge on any atom is -0.322 e. The van der Waals surface area contributed by atoms with Crippen LogP contribution in [0.15, 0.2) is 58.1 Å². The number of anilines is 1. The highest BCUT2D eigenvalue weighted by Crippen LogP contribution is 2.20. The average Bonchev–Trinajstić information content (AvgIpc) is 2.60. The summed E-state index contributed by atoms with van der Waals surface area (Å²) in [7, 11) is 0. The van der Waals surface area contributed by atoms with Gasteiger partial charge in [-0.05, 0) is 30.2 Å². The van der Waals surface area contributed by atoms with Crippen LogP contribution in [0, 0.1) is 11.7 Å². The first-order chi connectivity index (χ1) is 12.4. The molecule has 1 aromatic heterocycles. The van der Waals surface area contributed by atoms with Gasteiger partial charge in [0.25, 0.3) is 5.56 Å². The zero-order valence-electron chi connectivity index (χ0n) is 14.3. The van der Waals surface area contributed by atoms with Gasteiger partial charge in [0.1, 0.15) is 11.9 Å². The maximum atomic E-state index is 13.8. The van der Waals surface area contributed by atoms with E-state index in [0.29, 0.717) is 10.9 Å². The van der Waals surface area contributed by atoms with Gasteiger partial charge in [0, 0.05) is 0 Å². The molecule has 0 spiro atoms. The van der Waals surface area contributed by atoms with E-state index in [4.69, 9.17) is 0 Å². The van der Waals surface area contributed by atoms with Gasteiger partial charge in [-0.2, -0.15) is 0 Å². The zero-order valence-corrected chi connectivity index (χ0v) is 14.3. The predicted octanol–water partition coefficient (Wildman–Crippen LogP) is 2.66. The molecule has 0 aliphatic carbocycles. The molecule has 0 bridgehead atoms. The Morgan fingerprint density at radius 2 is 1.73 bits per heavy atom. The van der Waals surface area contributed by atoms with Crippen LogP contribution < -0.4 is 16.6 Å². The van der Waals surface area contributed by atoms with Crippen LogP contribution in [-0.2, 0) is 4.79 Å². The summed E-state index contributed by atoms with van der Waals surface area (Å²) in [6.07, 6.45) is 0. The number of hydrogen-bond acceptors (Lipinski definition) is 3. The highest BCUT2D eigenvalue weighted by atomic mass is 19.1. The smallest absolute Gasteiger partial charge is 0.322 e. The fourth-order valence-corrected chi connectivity index (χ4v) is 2.92. The largest absolute Gasteiger partial charge is 0.329 e. The van der Waals surface area contributed by atoms with E-state index >= 15 is 0 Å². The zero-order chi connectivity index (χ0) is 18.8. The van der Waals surface area contributed by atoms with E-state index in [9.17, 15) is 18.8 Å². The first-order valence-electron chi connectivity index (χ1n) is 8.19. The van der Waals surface area contributed by atoms with Gasteiger partial charge in [-0.1, -0.05) is 38.1 Å². The highest BCUT2D eigenvalue weighted by molar-refractivity contribution is 5.94. The summed E-state index contributed by atoms with van der Waals surface area (Å²) in [6.45, 7) is 3.43. The van der Waals surface area contributed by atoms with E-state index in [2.05, 4.69) is 10.3 Å². The number of para-hydroxylation sites is 2. The van der Waals surface area contributed by atoms with E-state index in [1.165, 1.54) is 18.2 Å². The second-order valence-electron chi connectivity index (χ2n) is 6.31. The Morgan fingerprint density at radius 3 is 2.42 bits per heavy atom. The van der Waals surface area contributed by atoms with Gasteiger partial charge in [0.2, 0.25) is 5.91 Å². The molecule has 134 valence electrons. The molecular weight excluding hydrogens is 337 g/mol. The molecule has 0 radical (unpaired) electrons. The van der Waals surface area contributed by atoms with Crippen LogP contribution in [0.1, 0.15) is 19.9 Å². The lowest BCUT2D eigenvalue weighted by Gasteiger charge is -2.22. The van der Waals surface area contributed by atoms with Gasteiger partial charge in [-0.25, -0.2) is 13.8 Å².